The van der Waals surface area contributed by atoms with Crippen molar-refractivity contribution in [3.8, 4) is 0 Å². The van der Waals surface area contributed by atoms with Crippen molar-refractivity contribution in [2.24, 2.45) is 10.7 Å². The van der Waals surface area contributed by atoms with Gasteiger partial charge in [0.2, 0.25) is 17.8 Å². The van der Waals surface area contributed by atoms with Crippen LogP contribution in [0.1, 0.15) is 25.7 Å². The zero-order chi connectivity index (χ0) is 14.1. The molecule has 0 saturated carbocycles. The SMILES string of the molecule is NC(=NC(=O)CCC(=O)O)NC(=O)CCC(=O)O. The van der Waals surface area contributed by atoms with E-state index in [9.17, 15) is 19.2 Å². The zero-order valence-electron chi connectivity index (χ0n) is 9.38. The van der Waals surface area contributed by atoms with E-state index in [2.05, 4.69) is 4.99 Å². The number of carboxylic acid groups (broad SMARTS) is 2. The van der Waals surface area contributed by atoms with Crippen molar-refractivity contribution in [2.45, 2.75) is 25.7 Å². The Kier molecular flexibility index (Phi) is 6.71. The van der Waals surface area contributed by atoms with Gasteiger partial charge in [-0.1, -0.05) is 0 Å². The molecule has 2 amide bonds. The van der Waals surface area contributed by atoms with Gasteiger partial charge in [-0.05, 0) is 0 Å². The van der Waals surface area contributed by atoms with E-state index in [0.29, 0.717) is 0 Å². The minimum absolute atomic E-state index is 0.297. The molecule has 9 heteroatoms. The summed E-state index contributed by atoms with van der Waals surface area (Å²) in [5.41, 5.74) is 5.19. The van der Waals surface area contributed by atoms with Gasteiger partial charge in [-0.25, -0.2) is 0 Å². The fourth-order valence-corrected chi connectivity index (χ4v) is 0.858. The van der Waals surface area contributed by atoms with Crippen molar-refractivity contribution in [3.05, 3.63) is 0 Å². The van der Waals surface area contributed by atoms with Gasteiger partial charge in [0.15, 0.2) is 0 Å². The highest BCUT2D eigenvalue weighted by molar-refractivity contribution is 6.01. The van der Waals surface area contributed by atoms with Crippen molar-refractivity contribution < 1.29 is 29.4 Å². The molecule has 100 valence electrons. The molecule has 0 bridgehead atoms. The molecule has 0 radical (unpaired) electrons. The largest absolute Gasteiger partial charge is 0.481 e. The third-order valence-corrected chi connectivity index (χ3v) is 1.63. The van der Waals surface area contributed by atoms with E-state index >= 15 is 0 Å². The lowest BCUT2D eigenvalue weighted by Crippen LogP contribution is -2.37. The smallest absolute Gasteiger partial charge is 0.303 e. The second-order valence-corrected chi connectivity index (χ2v) is 3.23. The maximum atomic E-state index is 11.1. The highest BCUT2D eigenvalue weighted by Gasteiger charge is 2.08. The van der Waals surface area contributed by atoms with Crippen LogP contribution in [0.5, 0.6) is 0 Å². The Morgan fingerprint density at radius 1 is 0.944 bits per heavy atom. The second-order valence-electron chi connectivity index (χ2n) is 3.23. The number of hydrogen-bond donors (Lipinski definition) is 4. The number of carboxylic acids is 2. The topological polar surface area (TPSA) is 159 Å². The van der Waals surface area contributed by atoms with Crippen LogP contribution in [0.4, 0.5) is 0 Å². The van der Waals surface area contributed by atoms with Crippen LogP contribution in [0.25, 0.3) is 0 Å². The molecule has 18 heavy (non-hydrogen) atoms. The van der Waals surface area contributed by atoms with E-state index < -0.39 is 29.7 Å². The van der Waals surface area contributed by atoms with E-state index in [1.165, 1.54) is 0 Å². The van der Waals surface area contributed by atoms with Crippen LogP contribution in [0, 0.1) is 0 Å². The Morgan fingerprint density at radius 3 is 1.94 bits per heavy atom. The van der Waals surface area contributed by atoms with Crippen LogP contribution >= 0.6 is 0 Å². The summed E-state index contributed by atoms with van der Waals surface area (Å²) in [4.78, 5) is 45.6. The minimum Gasteiger partial charge on any atom is -0.481 e. The van der Waals surface area contributed by atoms with Crippen LogP contribution < -0.4 is 11.1 Å². The molecule has 0 rings (SSSR count). The van der Waals surface area contributed by atoms with Gasteiger partial charge >= 0.3 is 11.9 Å². The van der Waals surface area contributed by atoms with Crippen LogP contribution in [0.2, 0.25) is 0 Å². The number of aliphatic carboxylic acids is 2. The number of aliphatic imine (C=N–C) groups is 1. The predicted molar refractivity (Wildman–Crippen MR) is 58.5 cm³/mol. The van der Waals surface area contributed by atoms with Gasteiger partial charge in [0.25, 0.3) is 0 Å². The normalized spacial score (nSPS) is 10.8. The summed E-state index contributed by atoms with van der Waals surface area (Å²) >= 11 is 0. The molecule has 0 aromatic carbocycles. The molecule has 0 saturated heterocycles. The summed E-state index contributed by atoms with van der Waals surface area (Å²) in [6.45, 7) is 0. The van der Waals surface area contributed by atoms with E-state index in [1.54, 1.807) is 0 Å². The van der Waals surface area contributed by atoms with E-state index in [0.717, 1.165) is 0 Å². The van der Waals surface area contributed by atoms with E-state index in [1.807, 2.05) is 5.32 Å². The first kappa shape index (κ1) is 15.5. The molecule has 0 atom stereocenters. The van der Waals surface area contributed by atoms with Gasteiger partial charge in [-0.2, -0.15) is 4.99 Å². The molecule has 0 fully saturated rings. The number of guanidine groups is 1. The first-order valence-corrected chi connectivity index (χ1v) is 4.91. The fraction of sp³-hybridized carbons (Fsp3) is 0.444. The fourth-order valence-electron chi connectivity index (χ4n) is 0.858. The number of rotatable bonds is 6. The van der Waals surface area contributed by atoms with Crippen molar-refractivity contribution in [1.29, 1.82) is 0 Å². The minimum atomic E-state index is -1.15. The van der Waals surface area contributed by atoms with Crippen LogP contribution in [0.15, 0.2) is 4.99 Å². The lowest BCUT2D eigenvalue weighted by atomic mass is 10.3. The molecule has 0 aliphatic heterocycles. The van der Waals surface area contributed by atoms with Crippen molar-refractivity contribution in [2.75, 3.05) is 0 Å². The highest BCUT2D eigenvalue weighted by Crippen LogP contribution is 1.92. The van der Waals surface area contributed by atoms with E-state index in [4.69, 9.17) is 15.9 Å². The Morgan fingerprint density at radius 2 is 1.44 bits per heavy atom. The molecular formula is C9H13N3O6. The Labute approximate surface area is 102 Å². The quantitative estimate of drug-likeness (QED) is 0.339. The number of amides is 2. The summed E-state index contributed by atoms with van der Waals surface area (Å²) in [5.74, 6) is -4.25. The van der Waals surface area contributed by atoms with Crippen molar-refractivity contribution in [3.63, 3.8) is 0 Å². The molecule has 9 nitrogen and oxygen atoms in total. The summed E-state index contributed by atoms with van der Waals surface area (Å²) in [7, 11) is 0. The van der Waals surface area contributed by atoms with Crippen LogP contribution in [-0.2, 0) is 19.2 Å². The van der Waals surface area contributed by atoms with Crippen LogP contribution in [0.3, 0.4) is 0 Å². The van der Waals surface area contributed by atoms with Crippen molar-refractivity contribution in [1.82, 2.24) is 5.32 Å². The number of nitrogens with two attached hydrogens (primary N) is 1. The zero-order valence-corrected chi connectivity index (χ0v) is 9.38. The van der Waals surface area contributed by atoms with Gasteiger partial charge in [-0.15, -0.1) is 0 Å². The standard InChI is InChI=1S/C9H13N3O6/c10-9(11-5(13)1-3-7(15)16)12-6(14)2-4-8(17)18/h1-4H2,(H,15,16)(H,17,18)(H3,10,11,12,13,14). The van der Waals surface area contributed by atoms with E-state index in [-0.39, 0.29) is 25.7 Å². The third-order valence-electron chi connectivity index (χ3n) is 1.63. The lowest BCUT2D eigenvalue weighted by molar-refractivity contribution is -0.139. The maximum absolute atomic E-state index is 11.1. The first-order valence-electron chi connectivity index (χ1n) is 4.91. The summed E-state index contributed by atoms with van der Waals surface area (Å²) in [5, 5.41) is 18.6. The number of nitrogens with zero attached hydrogens (tertiary/aromatic N) is 1. The second kappa shape index (κ2) is 7.76. The van der Waals surface area contributed by atoms with Gasteiger partial charge in [0.1, 0.15) is 0 Å². The van der Waals surface area contributed by atoms with Gasteiger partial charge in [-0.3, -0.25) is 24.5 Å². The summed E-state index contributed by atoms with van der Waals surface area (Å²) < 4.78 is 0. The Bertz CT molecular complexity index is 390. The molecule has 0 aliphatic rings. The molecule has 0 spiro atoms. The Hall–Kier alpha value is -2.45. The maximum Gasteiger partial charge on any atom is 0.303 e. The molecular weight excluding hydrogens is 246 g/mol. The average molecular weight is 259 g/mol. The first-order chi connectivity index (χ1) is 8.31. The molecule has 0 aliphatic carbocycles. The van der Waals surface area contributed by atoms with Crippen LogP contribution in [-0.4, -0.2) is 39.9 Å². The van der Waals surface area contributed by atoms with Gasteiger partial charge in [0.05, 0.1) is 12.8 Å². The number of hydrogen-bond acceptors (Lipinski definition) is 4. The predicted octanol–water partition coefficient (Wildman–Crippen LogP) is -1.33. The van der Waals surface area contributed by atoms with Gasteiger partial charge in [0, 0.05) is 12.8 Å². The molecule has 0 aromatic rings. The number of nitrogens with one attached hydrogen (secondary N) is 1. The molecule has 0 aromatic heterocycles. The highest BCUT2D eigenvalue weighted by atomic mass is 16.4. The average Bonchev–Trinajstić information content (AvgIpc) is 2.23. The summed E-state index contributed by atoms with van der Waals surface area (Å²) in [6.07, 6.45) is -1.38. The molecule has 0 unspecified atom stereocenters. The summed E-state index contributed by atoms with van der Waals surface area (Å²) in [6, 6.07) is 0. The van der Waals surface area contributed by atoms with Gasteiger partial charge < -0.3 is 15.9 Å². The molecule has 0 heterocycles. The third kappa shape index (κ3) is 8.83. The molecule has 5 N–H and O–H groups in total. The number of carbonyl (C=O) groups excluding carboxylic acids is 2. The Balaban J connectivity index is 4.09. The monoisotopic (exact) mass is 259 g/mol. The number of carbonyl (C=O) groups is 4. The van der Waals surface area contributed by atoms with Crippen molar-refractivity contribution >= 4 is 29.7 Å². The lowest BCUT2D eigenvalue weighted by Gasteiger charge is -2.02.